The van der Waals surface area contributed by atoms with E-state index in [2.05, 4.69) is 4.98 Å². The lowest BCUT2D eigenvalue weighted by atomic mass is 10.2. The van der Waals surface area contributed by atoms with E-state index in [1.807, 2.05) is 16.3 Å². The lowest BCUT2D eigenvalue weighted by Gasteiger charge is -2.16. The lowest BCUT2D eigenvalue weighted by Crippen LogP contribution is -2.12. The van der Waals surface area contributed by atoms with Crippen LogP contribution in [-0.4, -0.2) is 21.1 Å². The molecule has 1 fully saturated rings. The molecule has 2 atom stereocenters. The fourth-order valence-corrected chi connectivity index (χ4v) is 3.88. The Morgan fingerprint density at radius 2 is 2.26 bits per heavy atom. The molecule has 0 saturated carbocycles. The molecular weight excluding hydrogens is 290 g/mol. The van der Waals surface area contributed by atoms with E-state index in [-0.39, 0.29) is 16.9 Å². The Morgan fingerprint density at radius 1 is 1.47 bits per heavy atom. The second kappa shape index (κ2) is 4.94. The molecule has 2 heterocycles. The van der Waals surface area contributed by atoms with E-state index in [9.17, 15) is 8.78 Å². The molecule has 102 valence electrons. The summed E-state index contributed by atoms with van der Waals surface area (Å²) in [5.74, 6) is 1.40. The normalized spacial score (nSPS) is 21.2. The predicted molar refractivity (Wildman–Crippen MR) is 74.9 cm³/mol. The summed E-state index contributed by atoms with van der Waals surface area (Å²) in [7, 11) is 0. The Morgan fingerprint density at radius 3 is 2.89 bits per heavy atom. The van der Waals surface area contributed by atoms with Gasteiger partial charge in [-0.2, -0.15) is 11.8 Å². The van der Waals surface area contributed by atoms with Gasteiger partial charge in [0, 0.05) is 17.9 Å². The summed E-state index contributed by atoms with van der Waals surface area (Å²) in [6.45, 7) is 1.80. The molecule has 0 bridgehead atoms. The molecule has 1 aromatic carbocycles. The minimum atomic E-state index is -0.627. The summed E-state index contributed by atoms with van der Waals surface area (Å²) in [6.07, 6.45) is 0.977. The van der Waals surface area contributed by atoms with Crippen molar-refractivity contribution in [2.45, 2.75) is 24.8 Å². The van der Waals surface area contributed by atoms with E-state index in [1.54, 1.807) is 6.92 Å². The van der Waals surface area contributed by atoms with Crippen molar-refractivity contribution in [1.29, 1.82) is 0 Å². The fraction of sp³-hybridized carbons (Fsp3) is 0.462. The smallest absolute Gasteiger partial charge is 0.153 e. The topological polar surface area (TPSA) is 17.8 Å². The van der Waals surface area contributed by atoms with Crippen LogP contribution in [0.1, 0.15) is 30.6 Å². The van der Waals surface area contributed by atoms with Gasteiger partial charge in [0.15, 0.2) is 5.82 Å². The molecule has 0 amide bonds. The molecule has 3 rings (SSSR count). The van der Waals surface area contributed by atoms with E-state index in [0.717, 1.165) is 24.0 Å². The van der Waals surface area contributed by atoms with Gasteiger partial charge in [0.25, 0.3) is 0 Å². The van der Waals surface area contributed by atoms with Crippen LogP contribution in [0.3, 0.4) is 0 Å². The van der Waals surface area contributed by atoms with Gasteiger partial charge in [-0.3, -0.25) is 0 Å². The van der Waals surface area contributed by atoms with Crippen molar-refractivity contribution in [3.05, 3.63) is 29.6 Å². The van der Waals surface area contributed by atoms with Gasteiger partial charge < -0.3 is 4.57 Å². The number of fused-ring (bicyclic) bond motifs is 1. The van der Waals surface area contributed by atoms with Gasteiger partial charge in [0.2, 0.25) is 0 Å². The number of benzene rings is 1. The quantitative estimate of drug-likeness (QED) is 0.770. The van der Waals surface area contributed by atoms with Crippen LogP contribution >= 0.6 is 23.4 Å². The number of hydrogen-bond acceptors (Lipinski definition) is 2. The minimum Gasteiger partial charge on any atom is -0.323 e. The van der Waals surface area contributed by atoms with Crippen LogP contribution in [0.4, 0.5) is 8.78 Å². The molecule has 0 radical (unpaired) electrons. The van der Waals surface area contributed by atoms with Gasteiger partial charge in [-0.05, 0) is 25.2 Å². The molecule has 6 heteroatoms. The molecule has 19 heavy (non-hydrogen) atoms. The summed E-state index contributed by atoms with van der Waals surface area (Å²) >= 11 is 7.98. The van der Waals surface area contributed by atoms with Gasteiger partial charge in [0.05, 0.1) is 10.9 Å². The van der Waals surface area contributed by atoms with Crippen LogP contribution in [0.5, 0.6) is 0 Å². The Hall–Kier alpha value is -0.810. The zero-order valence-electron chi connectivity index (χ0n) is 10.4. The Labute approximate surface area is 119 Å². The number of rotatable bonds is 2. The molecule has 1 aliphatic rings. The molecule has 0 N–H and O–H groups in total. The highest BCUT2D eigenvalue weighted by Crippen LogP contribution is 2.36. The van der Waals surface area contributed by atoms with Gasteiger partial charge in [0.1, 0.15) is 17.2 Å². The SMILES string of the molecule is CC(Cl)c1nc2c(F)cc(F)cc2n1C1CCSC1. The number of thioether (sulfide) groups is 1. The third-order valence-corrected chi connectivity index (χ3v) is 4.71. The summed E-state index contributed by atoms with van der Waals surface area (Å²) in [5.41, 5.74) is 0.716. The highest BCUT2D eigenvalue weighted by molar-refractivity contribution is 7.99. The maximum Gasteiger partial charge on any atom is 0.153 e. The van der Waals surface area contributed by atoms with Crippen molar-refractivity contribution in [3.63, 3.8) is 0 Å². The number of alkyl halides is 1. The van der Waals surface area contributed by atoms with E-state index >= 15 is 0 Å². The first-order valence-electron chi connectivity index (χ1n) is 6.16. The molecule has 1 aliphatic heterocycles. The van der Waals surface area contributed by atoms with E-state index in [4.69, 9.17) is 11.6 Å². The number of nitrogens with zero attached hydrogens (tertiary/aromatic N) is 2. The second-order valence-electron chi connectivity index (χ2n) is 4.73. The Balaban J connectivity index is 2.28. The molecule has 2 nitrogen and oxygen atoms in total. The van der Waals surface area contributed by atoms with Crippen molar-refractivity contribution in [2.75, 3.05) is 11.5 Å². The van der Waals surface area contributed by atoms with E-state index < -0.39 is 11.6 Å². The molecule has 0 spiro atoms. The van der Waals surface area contributed by atoms with Gasteiger partial charge in [-0.15, -0.1) is 11.6 Å². The van der Waals surface area contributed by atoms with Crippen molar-refractivity contribution in [2.24, 2.45) is 0 Å². The molecule has 1 aromatic heterocycles. The maximum absolute atomic E-state index is 13.8. The number of imidazole rings is 1. The largest absolute Gasteiger partial charge is 0.323 e. The van der Waals surface area contributed by atoms with Gasteiger partial charge in [-0.25, -0.2) is 13.8 Å². The maximum atomic E-state index is 13.8. The van der Waals surface area contributed by atoms with Crippen LogP contribution in [-0.2, 0) is 0 Å². The average molecular weight is 303 g/mol. The molecule has 2 unspecified atom stereocenters. The lowest BCUT2D eigenvalue weighted by molar-refractivity contribution is 0.546. The van der Waals surface area contributed by atoms with Crippen molar-refractivity contribution in [1.82, 2.24) is 9.55 Å². The fourth-order valence-electron chi connectivity index (χ4n) is 2.53. The summed E-state index contributed by atoms with van der Waals surface area (Å²) < 4.78 is 29.2. The highest BCUT2D eigenvalue weighted by Gasteiger charge is 2.26. The molecule has 0 aliphatic carbocycles. The zero-order chi connectivity index (χ0) is 13.6. The standard InChI is InChI=1S/C13H13ClF2N2S/c1-7(14)13-17-12-10(16)4-8(15)5-11(12)18(13)9-2-3-19-6-9/h4-5,7,9H,2-3,6H2,1H3. The molecule has 1 saturated heterocycles. The third-order valence-electron chi connectivity index (χ3n) is 3.37. The number of hydrogen-bond donors (Lipinski definition) is 0. The zero-order valence-corrected chi connectivity index (χ0v) is 11.9. The van der Waals surface area contributed by atoms with Crippen molar-refractivity contribution >= 4 is 34.4 Å². The van der Waals surface area contributed by atoms with Crippen molar-refractivity contribution < 1.29 is 8.78 Å². The van der Waals surface area contributed by atoms with Crippen LogP contribution < -0.4 is 0 Å². The Kier molecular flexibility index (Phi) is 3.43. The van der Waals surface area contributed by atoms with E-state index in [0.29, 0.717) is 11.3 Å². The first-order chi connectivity index (χ1) is 9.08. The Bertz CT molecular complexity index is 621. The predicted octanol–water partition coefficient (Wildman–Crippen LogP) is 4.29. The van der Waals surface area contributed by atoms with Crippen molar-refractivity contribution in [3.8, 4) is 0 Å². The highest BCUT2D eigenvalue weighted by atomic mass is 35.5. The molecular formula is C13H13ClF2N2S. The summed E-state index contributed by atoms with van der Waals surface area (Å²) in [4.78, 5) is 4.28. The van der Waals surface area contributed by atoms with Gasteiger partial charge in [-0.1, -0.05) is 0 Å². The summed E-state index contributed by atoms with van der Waals surface area (Å²) in [5, 5.41) is -0.333. The van der Waals surface area contributed by atoms with Gasteiger partial charge >= 0.3 is 0 Å². The van der Waals surface area contributed by atoms with Crippen LogP contribution in [0.25, 0.3) is 11.0 Å². The molecule has 2 aromatic rings. The first-order valence-corrected chi connectivity index (χ1v) is 7.75. The summed E-state index contributed by atoms with van der Waals surface area (Å²) in [6, 6.07) is 2.43. The first kappa shape index (κ1) is 13.2. The number of aromatic nitrogens is 2. The second-order valence-corrected chi connectivity index (χ2v) is 6.53. The minimum absolute atomic E-state index is 0.209. The monoisotopic (exact) mass is 302 g/mol. The van der Waals surface area contributed by atoms with Crippen LogP contribution in [0, 0.1) is 11.6 Å². The van der Waals surface area contributed by atoms with E-state index in [1.165, 1.54) is 6.07 Å². The van der Waals surface area contributed by atoms with Crippen LogP contribution in [0.15, 0.2) is 12.1 Å². The number of halogens is 3. The third kappa shape index (κ3) is 2.23. The average Bonchev–Trinajstić information content (AvgIpc) is 2.93. The van der Waals surface area contributed by atoms with Crippen LogP contribution in [0.2, 0.25) is 0 Å².